The summed E-state index contributed by atoms with van der Waals surface area (Å²) in [5, 5.41) is 3.25. The van der Waals surface area contributed by atoms with E-state index in [1.54, 1.807) is 24.3 Å². The third kappa shape index (κ3) is 4.46. The minimum Gasteiger partial charge on any atom is -0.323 e. The van der Waals surface area contributed by atoms with E-state index in [-0.39, 0.29) is 6.04 Å². The van der Waals surface area contributed by atoms with E-state index in [9.17, 15) is 8.42 Å². The van der Waals surface area contributed by atoms with Crippen molar-refractivity contribution in [3.63, 3.8) is 0 Å². The maximum Gasteiger partial charge on any atom is 0.175 e. The Morgan fingerprint density at radius 3 is 2.18 bits per heavy atom. The monoisotopic (exact) mass is 256 g/mol. The summed E-state index contributed by atoms with van der Waals surface area (Å²) < 4.78 is 22.6. The van der Waals surface area contributed by atoms with Gasteiger partial charge >= 0.3 is 0 Å². The van der Waals surface area contributed by atoms with Gasteiger partial charge in [0, 0.05) is 24.9 Å². The first kappa shape index (κ1) is 14.2. The number of sulfone groups is 1. The number of nitrogens with one attached hydrogen (secondary N) is 1. The zero-order chi connectivity index (χ0) is 13.1. The third-order valence-corrected chi connectivity index (χ3v) is 3.61. The van der Waals surface area contributed by atoms with E-state index in [4.69, 9.17) is 5.73 Å². The molecule has 0 bridgehead atoms. The van der Waals surface area contributed by atoms with Crippen LogP contribution in [-0.4, -0.2) is 27.3 Å². The van der Waals surface area contributed by atoms with Gasteiger partial charge in [0.1, 0.15) is 0 Å². The van der Waals surface area contributed by atoms with Crippen molar-refractivity contribution in [2.75, 3.05) is 12.8 Å². The summed E-state index contributed by atoms with van der Waals surface area (Å²) in [6.45, 7) is 4.79. The Bertz CT molecular complexity index is 452. The molecule has 0 amide bonds. The van der Waals surface area contributed by atoms with Crippen LogP contribution in [0.15, 0.2) is 29.2 Å². The zero-order valence-electron chi connectivity index (χ0n) is 10.5. The Morgan fingerprint density at radius 1 is 1.24 bits per heavy atom. The number of nitrogens with two attached hydrogens (primary N) is 1. The van der Waals surface area contributed by atoms with Gasteiger partial charge in [-0.25, -0.2) is 8.42 Å². The number of hydrogen-bond donors (Lipinski definition) is 2. The molecule has 0 fully saturated rings. The molecule has 0 aliphatic heterocycles. The quantitative estimate of drug-likeness (QED) is 0.827. The highest BCUT2D eigenvalue weighted by Gasteiger charge is 2.09. The average molecular weight is 256 g/mol. The van der Waals surface area contributed by atoms with Gasteiger partial charge in [-0.2, -0.15) is 0 Å². The first-order valence-electron chi connectivity index (χ1n) is 5.59. The highest BCUT2D eigenvalue weighted by molar-refractivity contribution is 7.90. The van der Waals surface area contributed by atoms with Gasteiger partial charge in [-0.15, -0.1) is 0 Å². The van der Waals surface area contributed by atoms with Crippen molar-refractivity contribution in [3.05, 3.63) is 29.8 Å². The second-order valence-corrected chi connectivity index (χ2v) is 6.53. The molecular formula is C12H20N2O2S. The highest BCUT2D eigenvalue weighted by atomic mass is 32.2. The van der Waals surface area contributed by atoms with E-state index in [0.29, 0.717) is 17.5 Å². The van der Waals surface area contributed by atoms with Crippen molar-refractivity contribution < 1.29 is 8.42 Å². The average Bonchev–Trinajstić information content (AvgIpc) is 2.25. The molecular weight excluding hydrogens is 236 g/mol. The Hall–Kier alpha value is -0.910. The molecule has 3 N–H and O–H groups in total. The second kappa shape index (κ2) is 5.62. The van der Waals surface area contributed by atoms with Crippen molar-refractivity contribution in [3.8, 4) is 0 Å². The van der Waals surface area contributed by atoms with E-state index in [1.165, 1.54) is 6.26 Å². The second-order valence-electron chi connectivity index (χ2n) is 4.51. The molecule has 4 nitrogen and oxygen atoms in total. The van der Waals surface area contributed by atoms with E-state index in [2.05, 4.69) is 19.2 Å². The van der Waals surface area contributed by atoms with Crippen molar-refractivity contribution in [1.82, 2.24) is 5.32 Å². The molecule has 17 heavy (non-hydrogen) atoms. The van der Waals surface area contributed by atoms with Gasteiger partial charge in [0.25, 0.3) is 0 Å². The van der Waals surface area contributed by atoms with Crippen molar-refractivity contribution >= 4 is 9.84 Å². The highest BCUT2D eigenvalue weighted by Crippen LogP contribution is 2.14. The predicted molar refractivity (Wildman–Crippen MR) is 69.6 cm³/mol. The maximum absolute atomic E-state index is 11.3. The van der Waals surface area contributed by atoms with Gasteiger partial charge in [0.15, 0.2) is 9.84 Å². The Balaban J connectivity index is 2.74. The van der Waals surface area contributed by atoms with Crippen molar-refractivity contribution in [2.45, 2.75) is 30.8 Å². The van der Waals surface area contributed by atoms with Crippen LogP contribution >= 0.6 is 0 Å². The summed E-state index contributed by atoms with van der Waals surface area (Å²) in [6.07, 6.45) is 1.20. The normalized spacial score (nSPS) is 13.9. The standard InChI is InChI=1S/C12H20N2O2S/c1-9(2)14-8-12(13)10-4-6-11(7-5-10)17(3,15)16/h4-7,9,12,14H,8,13H2,1-3H3. The van der Waals surface area contributed by atoms with Gasteiger partial charge in [0.05, 0.1) is 4.90 Å². The number of benzene rings is 1. The molecule has 0 spiro atoms. The van der Waals surface area contributed by atoms with E-state index in [1.807, 2.05) is 0 Å². The van der Waals surface area contributed by atoms with Crippen LogP contribution in [-0.2, 0) is 9.84 Å². The van der Waals surface area contributed by atoms with Crippen molar-refractivity contribution in [2.24, 2.45) is 5.73 Å². The number of rotatable bonds is 5. The SMILES string of the molecule is CC(C)NCC(N)c1ccc(S(C)(=O)=O)cc1. The summed E-state index contributed by atoms with van der Waals surface area (Å²) in [6, 6.07) is 6.99. The lowest BCUT2D eigenvalue weighted by molar-refractivity contribution is 0.537. The zero-order valence-corrected chi connectivity index (χ0v) is 11.3. The largest absolute Gasteiger partial charge is 0.323 e. The molecule has 0 saturated heterocycles. The molecule has 1 atom stereocenters. The fraction of sp³-hybridized carbons (Fsp3) is 0.500. The molecule has 0 radical (unpaired) electrons. The summed E-state index contributed by atoms with van der Waals surface area (Å²) in [7, 11) is -3.13. The summed E-state index contributed by atoms with van der Waals surface area (Å²) >= 11 is 0. The van der Waals surface area contributed by atoms with Crippen LogP contribution in [0.3, 0.4) is 0 Å². The van der Waals surface area contributed by atoms with Crippen LogP contribution in [0.4, 0.5) is 0 Å². The molecule has 0 aromatic heterocycles. The maximum atomic E-state index is 11.3. The minimum atomic E-state index is -3.13. The smallest absolute Gasteiger partial charge is 0.175 e. The molecule has 0 aliphatic carbocycles. The molecule has 0 heterocycles. The summed E-state index contributed by atoms with van der Waals surface area (Å²) in [4.78, 5) is 0.324. The molecule has 5 heteroatoms. The van der Waals surface area contributed by atoms with Gasteiger partial charge in [-0.3, -0.25) is 0 Å². The van der Waals surface area contributed by atoms with E-state index >= 15 is 0 Å². The van der Waals surface area contributed by atoms with Gasteiger partial charge in [0.2, 0.25) is 0 Å². The third-order valence-electron chi connectivity index (χ3n) is 2.48. The molecule has 1 aromatic carbocycles. The Morgan fingerprint density at radius 2 is 1.76 bits per heavy atom. The summed E-state index contributed by atoms with van der Waals surface area (Å²) in [5.74, 6) is 0. The lowest BCUT2D eigenvalue weighted by atomic mass is 10.1. The molecule has 0 aliphatic rings. The van der Waals surface area contributed by atoms with Crippen LogP contribution in [0.5, 0.6) is 0 Å². The molecule has 0 saturated carbocycles. The molecule has 1 rings (SSSR count). The molecule has 1 aromatic rings. The van der Waals surface area contributed by atoms with E-state index in [0.717, 1.165) is 5.56 Å². The molecule has 96 valence electrons. The molecule has 1 unspecified atom stereocenters. The van der Waals surface area contributed by atoms with E-state index < -0.39 is 9.84 Å². The van der Waals surface area contributed by atoms with Gasteiger partial charge in [-0.05, 0) is 17.7 Å². The van der Waals surface area contributed by atoms with Gasteiger partial charge < -0.3 is 11.1 Å². The van der Waals surface area contributed by atoms with Crippen molar-refractivity contribution in [1.29, 1.82) is 0 Å². The first-order chi connectivity index (χ1) is 7.80. The van der Waals surface area contributed by atoms with Crippen LogP contribution in [0.25, 0.3) is 0 Å². The Kier molecular flexibility index (Phi) is 4.68. The minimum absolute atomic E-state index is 0.119. The first-order valence-corrected chi connectivity index (χ1v) is 7.49. The Labute approximate surface area is 103 Å². The van der Waals surface area contributed by atoms with Crippen LogP contribution in [0, 0.1) is 0 Å². The fourth-order valence-electron chi connectivity index (χ4n) is 1.44. The van der Waals surface area contributed by atoms with Crippen LogP contribution in [0.2, 0.25) is 0 Å². The number of hydrogen-bond acceptors (Lipinski definition) is 4. The van der Waals surface area contributed by atoms with Crippen LogP contribution < -0.4 is 11.1 Å². The summed E-state index contributed by atoms with van der Waals surface area (Å²) in [5.41, 5.74) is 6.93. The van der Waals surface area contributed by atoms with Crippen LogP contribution in [0.1, 0.15) is 25.5 Å². The lowest BCUT2D eigenvalue weighted by Gasteiger charge is -2.15. The lowest BCUT2D eigenvalue weighted by Crippen LogP contribution is -2.31. The fourth-order valence-corrected chi connectivity index (χ4v) is 2.07. The predicted octanol–water partition coefficient (Wildman–Crippen LogP) is 1.09. The van der Waals surface area contributed by atoms with Gasteiger partial charge in [-0.1, -0.05) is 26.0 Å². The topological polar surface area (TPSA) is 72.2 Å².